The summed E-state index contributed by atoms with van der Waals surface area (Å²) in [5.41, 5.74) is 2.35. The van der Waals surface area contributed by atoms with E-state index in [4.69, 9.17) is 0 Å². The van der Waals surface area contributed by atoms with Crippen molar-refractivity contribution in [1.29, 1.82) is 0 Å². The Morgan fingerprint density at radius 3 is 2.31 bits per heavy atom. The highest BCUT2D eigenvalue weighted by atomic mass is 16.2. The normalized spacial score (nSPS) is 11.7. The highest BCUT2D eigenvalue weighted by molar-refractivity contribution is 5.95. The summed E-state index contributed by atoms with van der Waals surface area (Å²) in [5, 5.41) is 14.1. The number of carbonyl (C=O) groups is 2. The Kier molecular flexibility index (Phi) is 5.58. The van der Waals surface area contributed by atoms with Crippen molar-refractivity contribution < 1.29 is 9.59 Å². The van der Waals surface area contributed by atoms with E-state index in [1.807, 2.05) is 19.9 Å². The predicted octanol–water partition coefficient (Wildman–Crippen LogP) is 2.20. The van der Waals surface area contributed by atoms with E-state index in [1.165, 1.54) is 13.0 Å². The smallest absolute Gasteiger partial charge is 0.267 e. The molecule has 29 heavy (non-hydrogen) atoms. The Hall–Kier alpha value is -3.75. The molecule has 2 aromatic heterocycles. The van der Waals surface area contributed by atoms with Gasteiger partial charge in [0.15, 0.2) is 5.82 Å². The summed E-state index contributed by atoms with van der Waals surface area (Å²) in [4.78, 5) is 36.2. The number of amides is 2. The highest BCUT2D eigenvalue weighted by Gasteiger charge is 2.19. The quantitative estimate of drug-likeness (QED) is 0.689. The maximum atomic E-state index is 12.7. The fraction of sp³-hybridized carbons (Fsp3) is 0.250. The number of aromatic nitrogens is 4. The van der Waals surface area contributed by atoms with Gasteiger partial charge in [0.05, 0.1) is 5.69 Å². The fourth-order valence-electron chi connectivity index (χ4n) is 2.90. The molecule has 0 spiro atoms. The summed E-state index contributed by atoms with van der Waals surface area (Å²) < 4.78 is 2.74. The van der Waals surface area contributed by atoms with Crippen LogP contribution in [-0.2, 0) is 9.59 Å². The topological polar surface area (TPSA) is 111 Å². The molecule has 3 rings (SSSR count). The van der Waals surface area contributed by atoms with Gasteiger partial charge in [-0.25, -0.2) is 9.36 Å². The summed E-state index contributed by atoms with van der Waals surface area (Å²) >= 11 is 0. The van der Waals surface area contributed by atoms with Gasteiger partial charge in [-0.05, 0) is 51.1 Å². The Morgan fingerprint density at radius 1 is 1.00 bits per heavy atom. The van der Waals surface area contributed by atoms with E-state index in [1.54, 1.807) is 41.9 Å². The minimum atomic E-state index is -0.858. The molecule has 9 heteroatoms. The van der Waals surface area contributed by atoms with Crippen molar-refractivity contribution in [3.05, 3.63) is 64.2 Å². The molecule has 0 radical (unpaired) electrons. The number of carbonyl (C=O) groups excluding carboxylic acids is 2. The third-order valence-corrected chi connectivity index (χ3v) is 4.23. The lowest BCUT2D eigenvalue weighted by Crippen LogP contribution is -2.33. The van der Waals surface area contributed by atoms with Crippen LogP contribution < -0.4 is 16.2 Å². The van der Waals surface area contributed by atoms with E-state index in [0.717, 1.165) is 16.1 Å². The SMILES string of the molecule is CC(=O)Nc1cccc(NC(=O)C(C)n2nc(-n3nc(C)cc3C)ccc2=O)c1. The average molecular weight is 394 g/mol. The molecule has 0 saturated heterocycles. The molecule has 0 bridgehead atoms. The second-order valence-corrected chi connectivity index (χ2v) is 6.74. The second kappa shape index (κ2) is 8.09. The standard InChI is InChI=1S/C20H22N6O3/c1-12-10-13(2)25(23-12)18-8-9-19(28)26(24-18)14(3)20(29)22-17-7-5-6-16(11-17)21-15(4)27/h5-11,14H,1-4H3,(H,21,27)(H,22,29). The zero-order valence-electron chi connectivity index (χ0n) is 16.6. The number of nitrogens with zero attached hydrogens (tertiary/aromatic N) is 4. The molecule has 0 fully saturated rings. The van der Waals surface area contributed by atoms with E-state index in [0.29, 0.717) is 17.2 Å². The van der Waals surface area contributed by atoms with Crippen LogP contribution in [0.25, 0.3) is 5.82 Å². The van der Waals surface area contributed by atoms with Gasteiger partial charge in [0.1, 0.15) is 6.04 Å². The van der Waals surface area contributed by atoms with Crippen LogP contribution in [0.15, 0.2) is 47.3 Å². The van der Waals surface area contributed by atoms with Crippen molar-refractivity contribution in [3.63, 3.8) is 0 Å². The van der Waals surface area contributed by atoms with Gasteiger partial charge in [-0.1, -0.05) is 6.07 Å². The lowest BCUT2D eigenvalue weighted by molar-refractivity contribution is -0.119. The minimum Gasteiger partial charge on any atom is -0.326 e. The third-order valence-electron chi connectivity index (χ3n) is 4.23. The number of aryl methyl sites for hydroxylation is 2. The van der Waals surface area contributed by atoms with Gasteiger partial charge >= 0.3 is 0 Å². The molecule has 0 aliphatic carbocycles. The molecule has 3 aromatic rings. The molecule has 150 valence electrons. The average Bonchev–Trinajstić information content (AvgIpc) is 2.99. The lowest BCUT2D eigenvalue weighted by Gasteiger charge is -2.15. The molecule has 1 aromatic carbocycles. The molecule has 2 N–H and O–H groups in total. The van der Waals surface area contributed by atoms with Crippen molar-refractivity contribution >= 4 is 23.2 Å². The maximum Gasteiger partial charge on any atom is 0.267 e. The van der Waals surface area contributed by atoms with Gasteiger partial charge in [-0.2, -0.15) is 5.10 Å². The molecule has 0 aliphatic rings. The largest absolute Gasteiger partial charge is 0.326 e. The Morgan fingerprint density at radius 2 is 1.69 bits per heavy atom. The van der Waals surface area contributed by atoms with Crippen LogP contribution in [0.3, 0.4) is 0 Å². The van der Waals surface area contributed by atoms with E-state index in [9.17, 15) is 14.4 Å². The number of anilines is 2. The summed E-state index contributed by atoms with van der Waals surface area (Å²) in [5.74, 6) is -0.175. The van der Waals surface area contributed by atoms with Crippen LogP contribution in [0, 0.1) is 13.8 Å². The van der Waals surface area contributed by atoms with Crippen LogP contribution in [0.2, 0.25) is 0 Å². The van der Waals surface area contributed by atoms with Crippen LogP contribution in [0.4, 0.5) is 11.4 Å². The van der Waals surface area contributed by atoms with Gasteiger partial charge in [0, 0.05) is 30.1 Å². The third kappa shape index (κ3) is 4.57. The van der Waals surface area contributed by atoms with E-state index < -0.39 is 17.5 Å². The number of hydrogen-bond acceptors (Lipinski definition) is 5. The van der Waals surface area contributed by atoms with E-state index in [-0.39, 0.29) is 5.91 Å². The predicted molar refractivity (Wildman–Crippen MR) is 109 cm³/mol. The molecule has 1 unspecified atom stereocenters. The Bertz CT molecular complexity index is 1130. The number of hydrogen-bond donors (Lipinski definition) is 2. The molecule has 2 heterocycles. The van der Waals surface area contributed by atoms with Gasteiger partial charge in [-0.15, -0.1) is 5.10 Å². The lowest BCUT2D eigenvalue weighted by atomic mass is 10.2. The molecule has 1 atom stereocenters. The van der Waals surface area contributed by atoms with Crippen molar-refractivity contribution in [1.82, 2.24) is 19.6 Å². The first kappa shape index (κ1) is 20.0. The second-order valence-electron chi connectivity index (χ2n) is 6.74. The Labute approximate surface area is 167 Å². The molecular weight excluding hydrogens is 372 g/mol. The molecular formula is C20H22N6O3. The number of nitrogens with one attached hydrogen (secondary N) is 2. The summed E-state index contributed by atoms with van der Waals surface area (Å²) in [6.07, 6.45) is 0. The first-order valence-corrected chi connectivity index (χ1v) is 9.06. The zero-order chi connectivity index (χ0) is 21.1. The van der Waals surface area contributed by atoms with Gasteiger partial charge < -0.3 is 10.6 Å². The van der Waals surface area contributed by atoms with Crippen LogP contribution >= 0.6 is 0 Å². The number of benzene rings is 1. The van der Waals surface area contributed by atoms with Crippen LogP contribution in [0.1, 0.15) is 31.3 Å². The van der Waals surface area contributed by atoms with Crippen molar-refractivity contribution in [2.24, 2.45) is 0 Å². The van der Waals surface area contributed by atoms with Gasteiger partial charge in [-0.3, -0.25) is 14.4 Å². The Balaban J connectivity index is 1.84. The van der Waals surface area contributed by atoms with Crippen molar-refractivity contribution in [2.75, 3.05) is 10.6 Å². The first-order valence-electron chi connectivity index (χ1n) is 9.06. The van der Waals surface area contributed by atoms with Crippen molar-refractivity contribution in [2.45, 2.75) is 33.7 Å². The van der Waals surface area contributed by atoms with Gasteiger partial charge in [0.2, 0.25) is 11.8 Å². The van der Waals surface area contributed by atoms with Crippen molar-refractivity contribution in [3.8, 4) is 5.82 Å². The minimum absolute atomic E-state index is 0.210. The monoisotopic (exact) mass is 394 g/mol. The molecule has 2 amide bonds. The zero-order valence-corrected chi connectivity index (χ0v) is 16.6. The molecule has 9 nitrogen and oxygen atoms in total. The summed E-state index contributed by atoms with van der Waals surface area (Å²) in [6.45, 7) is 6.74. The fourth-order valence-corrected chi connectivity index (χ4v) is 2.90. The molecule has 0 saturated carbocycles. The van der Waals surface area contributed by atoms with Gasteiger partial charge in [0.25, 0.3) is 5.56 Å². The first-order chi connectivity index (χ1) is 13.7. The van der Waals surface area contributed by atoms with Crippen LogP contribution in [-0.4, -0.2) is 31.4 Å². The number of rotatable bonds is 5. The van der Waals surface area contributed by atoms with E-state index in [2.05, 4.69) is 20.8 Å². The van der Waals surface area contributed by atoms with Crippen LogP contribution in [0.5, 0.6) is 0 Å². The summed E-state index contributed by atoms with van der Waals surface area (Å²) in [6, 6.07) is 10.7. The van der Waals surface area contributed by atoms with E-state index >= 15 is 0 Å². The highest BCUT2D eigenvalue weighted by Crippen LogP contribution is 2.17. The maximum absolute atomic E-state index is 12.7. The molecule has 0 aliphatic heterocycles. The summed E-state index contributed by atoms with van der Waals surface area (Å²) in [7, 11) is 0.